The van der Waals surface area contributed by atoms with Gasteiger partial charge in [-0.3, -0.25) is 9.89 Å². The molecule has 0 saturated carbocycles. The molecule has 0 amide bonds. The van der Waals surface area contributed by atoms with Crippen LogP contribution in [0.1, 0.15) is 40.3 Å². The molecule has 1 fully saturated rings. The van der Waals surface area contributed by atoms with Crippen molar-refractivity contribution in [2.45, 2.75) is 39.7 Å². The third-order valence-electron chi connectivity index (χ3n) is 5.03. The van der Waals surface area contributed by atoms with Crippen LogP contribution in [0.3, 0.4) is 0 Å². The first-order chi connectivity index (χ1) is 14.2. The number of nitrogens with one attached hydrogen (secondary N) is 2. The summed E-state index contributed by atoms with van der Waals surface area (Å²) in [6.07, 6.45) is 1.93. The zero-order chi connectivity index (χ0) is 20.5. The average molecular weight is 564 g/mol. The molecule has 1 unspecified atom stereocenters. The number of aliphatic imine (C=N–C) groups is 1. The first-order valence-corrected chi connectivity index (χ1v) is 12.2. The molecular formula is C21H34IN5OS2. The Hall–Kier alpha value is -0.750. The number of guanidine groups is 1. The van der Waals surface area contributed by atoms with Crippen molar-refractivity contribution >= 4 is 52.6 Å². The summed E-state index contributed by atoms with van der Waals surface area (Å²) in [5.41, 5.74) is 1.23. The zero-order valence-electron chi connectivity index (χ0n) is 18.1. The maximum absolute atomic E-state index is 5.54. The van der Waals surface area contributed by atoms with Gasteiger partial charge in [0.25, 0.3) is 0 Å². The van der Waals surface area contributed by atoms with Crippen LogP contribution in [0.4, 0.5) is 0 Å². The van der Waals surface area contributed by atoms with E-state index < -0.39 is 0 Å². The van der Waals surface area contributed by atoms with Crippen LogP contribution in [0.25, 0.3) is 0 Å². The van der Waals surface area contributed by atoms with Gasteiger partial charge in [0.2, 0.25) is 0 Å². The lowest BCUT2D eigenvalue weighted by molar-refractivity contribution is 0.0186. The fourth-order valence-corrected chi connectivity index (χ4v) is 5.36. The molecule has 168 valence electrons. The number of halogens is 1. The quantitative estimate of drug-likeness (QED) is 0.276. The largest absolute Gasteiger partial charge is 0.379 e. The Kier molecular flexibility index (Phi) is 11.6. The summed E-state index contributed by atoms with van der Waals surface area (Å²) in [4.78, 5) is 14.9. The van der Waals surface area contributed by atoms with Crippen LogP contribution < -0.4 is 10.6 Å². The van der Waals surface area contributed by atoms with Gasteiger partial charge in [0.1, 0.15) is 0 Å². The SMILES string of the molecule is CCNC(=NCC(c1cccs1)N1CCOCC1)NCCc1nc(CC)c(C)s1.I. The molecule has 2 aromatic heterocycles. The van der Waals surface area contributed by atoms with E-state index in [1.54, 1.807) is 0 Å². The van der Waals surface area contributed by atoms with Crippen LogP contribution in [0.15, 0.2) is 22.5 Å². The molecule has 0 spiro atoms. The predicted molar refractivity (Wildman–Crippen MR) is 139 cm³/mol. The van der Waals surface area contributed by atoms with Crippen LogP contribution in [0, 0.1) is 6.92 Å². The van der Waals surface area contributed by atoms with E-state index in [0.717, 1.165) is 64.7 Å². The number of morpholine rings is 1. The number of hydrogen-bond donors (Lipinski definition) is 2. The molecule has 2 aromatic rings. The van der Waals surface area contributed by atoms with Gasteiger partial charge < -0.3 is 15.4 Å². The van der Waals surface area contributed by atoms with Gasteiger partial charge in [0, 0.05) is 42.4 Å². The van der Waals surface area contributed by atoms with E-state index >= 15 is 0 Å². The molecule has 0 aromatic carbocycles. The molecule has 3 heterocycles. The Bertz CT molecular complexity index is 760. The third-order valence-corrected chi connectivity index (χ3v) is 7.07. The molecule has 1 saturated heterocycles. The third kappa shape index (κ3) is 7.44. The van der Waals surface area contributed by atoms with Gasteiger partial charge in [-0.05, 0) is 31.7 Å². The Labute approximate surface area is 205 Å². The number of rotatable bonds is 9. The summed E-state index contributed by atoms with van der Waals surface area (Å²) in [6.45, 7) is 12.4. The van der Waals surface area contributed by atoms with Crippen LogP contribution in [0.5, 0.6) is 0 Å². The zero-order valence-corrected chi connectivity index (χ0v) is 22.1. The number of thiophene rings is 1. The summed E-state index contributed by atoms with van der Waals surface area (Å²) in [5, 5.41) is 10.2. The first-order valence-electron chi connectivity index (χ1n) is 10.5. The van der Waals surface area contributed by atoms with E-state index in [0.29, 0.717) is 6.04 Å². The number of aromatic nitrogens is 1. The molecule has 3 rings (SSSR count). The molecular weight excluding hydrogens is 529 g/mol. The van der Waals surface area contributed by atoms with Crippen molar-refractivity contribution in [3.63, 3.8) is 0 Å². The highest BCUT2D eigenvalue weighted by atomic mass is 127. The summed E-state index contributed by atoms with van der Waals surface area (Å²) in [6, 6.07) is 4.65. The highest BCUT2D eigenvalue weighted by molar-refractivity contribution is 14.0. The van der Waals surface area contributed by atoms with Crippen molar-refractivity contribution in [2.75, 3.05) is 45.9 Å². The van der Waals surface area contributed by atoms with Crippen molar-refractivity contribution in [3.05, 3.63) is 38.0 Å². The minimum atomic E-state index is 0. The topological polar surface area (TPSA) is 61.8 Å². The molecule has 6 nitrogen and oxygen atoms in total. The lowest BCUT2D eigenvalue weighted by atomic mass is 10.2. The normalized spacial score (nSPS) is 16.2. The summed E-state index contributed by atoms with van der Waals surface area (Å²) in [7, 11) is 0. The minimum absolute atomic E-state index is 0. The Balaban J connectivity index is 0.00000320. The number of hydrogen-bond acceptors (Lipinski definition) is 6. The fourth-order valence-electron chi connectivity index (χ4n) is 3.49. The fraction of sp³-hybridized carbons (Fsp3) is 0.619. The molecule has 30 heavy (non-hydrogen) atoms. The Morgan fingerprint density at radius 3 is 2.73 bits per heavy atom. The van der Waals surface area contributed by atoms with Gasteiger partial charge in [-0.25, -0.2) is 4.98 Å². The van der Waals surface area contributed by atoms with E-state index in [2.05, 4.69) is 53.8 Å². The van der Waals surface area contributed by atoms with Crippen LogP contribution in [0.2, 0.25) is 0 Å². The van der Waals surface area contributed by atoms with Gasteiger partial charge in [0.15, 0.2) is 5.96 Å². The Morgan fingerprint density at radius 1 is 1.30 bits per heavy atom. The molecule has 0 bridgehead atoms. The van der Waals surface area contributed by atoms with Gasteiger partial charge >= 0.3 is 0 Å². The summed E-state index contributed by atoms with van der Waals surface area (Å²) in [5.74, 6) is 0.881. The second-order valence-electron chi connectivity index (χ2n) is 7.04. The van der Waals surface area contributed by atoms with E-state index in [4.69, 9.17) is 14.7 Å². The van der Waals surface area contributed by atoms with E-state index in [1.807, 2.05) is 22.7 Å². The van der Waals surface area contributed by atoms with Gasteiger partial charge in [-0.15, -0.1) is 46.7 Å². The smallest absolute Gasteiger partial charge is 0.191 e. The minimum Gasteiger partial charge on any atom is -0.379 e. The number of ether oxygens (including phenoxy) is 1. The lowest BCUT2D eigenvalue weighted by Gasteiger charge is -2.33. The summed E-state index contributed by atoms with van der Waals surface area (Å²) < 4.78 is 5.54. The second-order valence-corrected chi connectivity index (χ2v) is 9.31. The maximum atomic E-state index is 5.54. The maximum Gasteiger partial charge on any atom is 0.191 e. The van der Waals surface area contributed by atoms with E-state index in [1.165, 1.54) is 20.5 Å². The molecule has 1 atom stereocenters. The number of aryl methyl sites for hydroxylation is 2. The van der Waals surface area contributed by atoms with Crippen molar-refractivity contribution in [2.24, 2.45) is 4.99 Å². The first kappa shape index (κ1) is 25.5. The molecule has 0 radical (unpaired) electrons. The average Bonchev–Trinajstić information content (AvgIpc) is 3.39. The van der Waals surface area contributed by atoms with E-state index in [9.17, 15) is 0 Å². The molecule has 1 aliphatic heterocycles. The number of thiazole rings is 1. The molecule has 0 aliphatic carbocycles. The second kappa shape index (κ2) is 13.6. The molecule has 2 N–H and O–H groups in total. The summed E-state index contributed by atoms with van der Waals surface area (Å²) >= 11 is 3.62. The standard InChI is InChI=1S/C21H33N5OS2.HI/c1-4-17-16(3)29-20(25-17)8-9-23-21(22-5-2)24-15-18(19-7-6-14-28-19)26-10-12-27-13-11-26;/h6-7,14,18H,4-5,8-13,15H2,1-3H3,(H2,22,23,24);1H. The highest BCUT2D eigenvalue weighted by Crippen LogP contribution is 2.26. The predicted octanol–water partition coefficient (Wildman–Crippen LogP) is 3.86. The monoisotopic (exact) mass is 563 g/mol. The number of nitrogens with zero attached hydrogens (tertiary/aromatic N) is 3. The van der Waals surface area contributed by atoms with Crippen molar-refractivity contribution in [1.82, 2.24) is 20.5 Å². The van der Waals surface area contributed by atoms with Crippen LogP contribution in [-0.4, -0.2) is 61.8 Å². The van der Waals surface area contributed by atoms with Crippen LogP contribution >= 0.6 is 46.7 Å². The van der Waals surface area contributed by atoms with Crippen molar-refractivity contribution in [1.29, 1.82) is 0 Å². The van der Waals surface area contributed by atoms with Crippen molar-refractivity contribution in [3.8, 4) is 0 Å². The van der Waals surface area contributed by atoms with Gasteiger partial charge in [-0.2, -0.15) is 0 Å². The molecule has 9 heteroatoms. The van der Waals surface area contributed by atoms with Crippen LogP contribution in [-0.2, 0) is 17.6 Å². The van der Waals surface area contributed by atoms with Gasteiger partial charge in [-0.1, -0.05) is 13.0 Å². The van der Waals surface area contributed by atoms with Gasteiger partial charge in [0.05, 0.1) is 36.5 Å². The lowest BCUT2D eigenvalue weighted by Crippen LogP contribution is -2.42. The highest BCUT2D eigenvalue weighted by Gasteiger charge is 2.23. The Morgan fingerprint density at radius 2 is 2.10 bits per heavy atom. The van der Waals surface area contributed by atoms with E-state index in [-0.39, 0.29) is 24.0 Å². The van der Waals surface area contributed by atoms with Crippen molar-refractivity contribution < 1.29 is 4.74 Å². The molecule has 1 aliphatic rings.